The van der Waals surface area contributed by atoms with Crippen LogP contribution < -0.4 is 0 Å². The molecule has 27 heavy (non-hydrogen) atoms. The summed E-state index contributed by atoms with van der Waals surface area (Å²) in [5.74, 6) is 0. The van der Waals surface area contributed by atoms with E-state index >= 15 is 0 Å². The number of nitro groups is 1. The number of hydrogen-bond acceptors (Lipinski definition) is 6. The quantitative estimate of drug-likeness (QED) is 0.416. The Bertz CT molecular complexity index is 871. The van der Waals surface area contributed by atoms with E-state index in [4.69, 9.17) is 12.2 Å². The van der Waals surface area contributed by atoms with Gasteiger partial charge in [-0.15, -0.1) is 0 Å². The second-order valence-electron chi connectivity index (χ2n) is 6.97. The molecule has 0 N–H and O–H groups in total. The van der Waals surface area contributed by atoms with E-state index in [0.717, 1.165) is 4.90 Å². The smallest absolute Gasteiger partial charge is 0.271 e. The van der Waals surface area contributed by atoms with Crippen LogP contribution in [-0.2, 0) is 18.8 Å². The lowest BCUT2D eigenvalue weighted by Crippen LogP contribution is -2.36. The molecule has 2 aromatic rings. The number of hydrogen-bond donors (Lipinski definition) is 0. The highest BCUT2D eigenvalue weighted by Crippen LogP contribution is 2.23. The number of rotatable bonds is 6. The normalized spacial score (nSPS) is 12.6. The van der Waals surface area contributed by atoms with Gasteiger partial charge in [-0.3, -0.25) is 15.0 Å². The first-order chi connectivity index (χ1) is 12.4. The number of tetrazole rings is 1. The standard InChI is InChI=1S/C15H19F3N6O2S/c1-14(2,3)23-13(27)22(19-20-23)10-21(9-15(16,17)18)8-11-6-4-5-7-12(11)24(25)26/h4-7H,8-10H2,1-3H3. The molecule has 0 aliphatic carbocycles. The van der Waals surface area contributed by atoms with E-state index in [0.29, 0.717) is 0 Å². The monoisotopic (exact) mass is 404 g/mol. The predicted molar refractivity (Wildman–Crippen MR) is 93.4 cm³/mol. The highest BCUT2D eigenvalue weighted by atomic mass is 32.1. The number of benzene rings is 1. The van der Waals surface area contributed by atoms with Crippen molar-refractivity contribution in [2.45, 2.75) is 45.7 Å². The summed E-state index contributed by atoms with van der Waals surface area (Å²) in [6.07, 6.45) is -4.49. The molecule has 12 heteroatoms. The van der Waals surface area contributed by atoms with Crippen molar-refractivity contribution >= 4 is 17.9 Å². The molecule has 0 unspecified atom stereocenters. The van der Waals surface area contributed by atoms with Crippen molar-refractivity contribution < 1.29 is 18.1 Å². The maximum atomic E-state index is 13.0. The van der Waals surface area contributed by atoms with Crippen LogP contribution in [0.5, 0.6) is 0 Å². The SMILES string of the molecule is CC(C)(C)n1nnn(CN(Cc2ccccc2[N+](=O)[O-])CC(F)(F)F)c1=S. The largest absolute Gasteiger partial charge is 0.401 e. The number of nitrogens with zero attached hydrogens (tertiary/aromatic N) is 6. The molecular weight excluding hydrogens is 385 g/mol. The lowest BCUT2D eigenvalue weighted by molar-refractivity contribution is -0.385. The van der Waals surface area contributed by atoms with Gasteiger partial charge in [0.1, 0.15) is 0 Å². The van der Waals surface area contributed by atoms with Crippen LogP contribution in [0.25, 0.3) is 0 Å². The van der Waals surface area contributed by atoms with Crippen molar-refractivity contribution in [2.24, 2.45) is 0 Å². The summed E-state index contributed by atoms with van der Waals surface area (Å²) >= 11 is 5.25. The summed E-state index contributed by atoms with van der Waals surface area (Å²) in [6, 6.07) is 5.67. The van der Waals surface area contributed by atoms with Crippen LogP contribution in [0.2, 0.25) is 0 Å². The average Bonchev–Trinajstić information content (AvgIpc) is 2.87. The first-order valence-corrected chi connectivity index (χ1v) is 8.34. The lowest BCUT2D eigenvalue weighted by atomic mass is 10.1. The van der Waals surface area contributed by atoms with Gasteiger partial charge in [0.25, 0.3) is 5.69 Å². The minimum absolute atomic E-state index is 0.164. The molecule has 0 amide bonds. The molecule has 0 saturated carbocycles. The van der Waals surface area contributed by atoms with E-state index in [-0.39, 0.29) is 29.2 Å². The van der Waals surface area contributed by atoms with Gasteiger partial charge in [-0.1, -0.05) is 18.2 Å². The molecule has 0 fully saturated rings. The van der Waals surface area contributed by atoms with Crippen molar-refractivity contribution in [3.63, 3.8) is 0 Å². The third kappa shape index (κ3) is 5.57. The Hall–Kier alpha value is -2.34. The average molecular weight is 404 g/mol. The van der Waals surface area contributed by atoms with E-state index in [1.54, 1.807) is 0 Å². The molecule has 148 valence electrons. The fraction of sp³-hybridized carbons (Fsp3) is 0.533. The number of halogens is 3. The van der Waals surface area contributed by atoms with Gasteiger partial charge in [0.05, 0.1) is 23.7 Å². The third-order valence-electron chi connectivity index (χ3n) is 3.59. The molecule has 8 nitrogen and oxygen atoms in total. The van der Waals surface area contributed by atoms with Gasteiger partial charge >= 0.3 is 6.18 Å². The topological polar surface area (TPSA) is 82.0 Å². The number of para-hydroxylation sites is 1. The molecule has 1 aromatic heterocycles. The van der Waals surface area contributed by atoms with Crippen LogP contribution in [0.4, 0.5) is 18.9 Å². The van der Waals surface area contributed by atoms with Gasteiger partial charge in [0.2, 0.25) is 4.77 Å². The lowest BCUT2D eigenvalue weighted by Gasteiger charge is -2.23. The highest BCUT2D eigenvalue weighted by molar-refractivity contribution is 7.71. The minimum atomic E-state index is -4.49. The molecule has 0 aliphatic rings. The minimum Gasteiger partial charge on any atom is -0.271 e. The first-order valence-electron chi connectivity index (χ1n) is 7.93. The number of aromatic nitrogens is 4. The van der Waals surface area contributed by atoms with Gasteiger partial charge in [0, 0.05) is 18.2 Å². The van der Waals surface area contributed by atoms with Crippen molar-refractivity contribution in [2.75, 3.05) is 6.54 Å². The van der Waals surface area contributed by atoms with Crippen molar-refractivity contribution in [3.05, 3.63) is 44.7 Å². The zero-order valence-electron chi connectivity index (χ0n) is 15.0. The van der Waals surface area contributed by atoms with Crippen LogP contribution in [0.3, 0.4) is 0 Å². The molecule has 1 heterocycles. The predicted octanol–water partition coefficient (Wildman–Crippen LogP) is 3.49. The Morgan fingerprint density at radius 2 is 1.85 bits per heavy atom. The van der Waals surface area contributed by atoms with Crippen LogP contribution >= 0.6 is 12.2 Å². The zero-order valence-corrected chi connectivity index (χ0v) is 15.8. The van der Waals surface area contributed by atoms with Crippen LogP contribution in [0, 0.1) is 14.9 Å². The Balaban J connectivity index is 2.33. The van der Waals surface area contributed by atoms with Crippen LogP contribution in [-0.4, -0.2) is 42.3 Å². The zero-order chi connectivity index (χ0) is 20.4. The van der Waals surface area contributed by atoms with Gasteiger partial charge in [-0.05, 0) is 43.4 Å². The van der Waals surface area contributed by atoms with Gasteiger partial charge < -0.3 is 0 Å². The maximum Gasteiger partial charge on any atom is 0.401 e. The third-order valence-corrected chi connectivity index (χ3v) is 3.98. The fourth-order valence-corrected chi connectivity index (χ4v) is 2.85. The molecule has 0 spiro atoms. The summed E-state index contributed by atoms with van der Waals surface area (Å²) in [6.45, 7) is 3.64. The molecule has 0 bridgehead atoms. The Kier molecular flexibility index (Phi) is 6.00. The summed E-state index contributed by atoms with van der Waals surface area (Å²) in [5, 5.41) is 18.9. The van der Waals surface area contributed by atoms with Crippen molar-refractivity contribution in [1.29, 1.82) is 0 Å². The molecule has 0 aliphatic heterocycles. The molecular formula is C15H19F3N6O2S. The number of alkyl halides is 3. The Labute approximate surface area is 158 Å². The summed E-state index contributed by atoms with van der Waals surface area (Å²) in [7, 11) is 0. The molecule has 0 saturated heterocycles. The van der Waals surface area contributed by atoms with Gasteiger partial charge in [-0.2, -0.15) is 13.2 Å². The van der Waals surface area contributed by atoms with Gasteiger partial charge in [-0.25, -0.2) is 9.36 Å². The Morgan fingerprint density at radius 3 is 2.37 bits per heavy atom. The van der Waals surface area contributed by atoms with E-state index in [1.807, 2.05) is 20.8 Å². The molecule has 0 radical (unpaired) electrons. The summed E-state index contributed by atoms with van der Waals surface area (Å²) in [5.41, 5.74) is -0.560. The Morgan fingerprint density at radius 1 is 1.22 bits per heavy atom. The van der Waals surface area contributed by atoms with Crippen LogP contribution in [0.1, 0.15) is 26.3 Å². The number of nitro benzene ring substituents is 1. The van der Waals surface area contributed by atoms with E-state index in [1.165, 1.54) is 33.6 Å². The molecule has 1 aromatic carbocycles. The maximum absolute atomic E-state index is 13.0. The first kappa shape index (κ1) is 21.0. The van der Waals surface area contributed by atoms with Gasteiger partial charge in [0.15, 0.2) is 0 Å². The van der Waals surface area contributed by atoms with E-state index in [2.05, 4.69) is 10.4 Å². The van der Waals surface area contributed by atoms with E-state index < -0.39 is 23.2 Å². The van der Waals surface area contributed by atoms with Crippen LogP contribution in [0.15, 0.2) is 24.3 Å². The highest BCUT2D eigenvalue weighted by Gasteiger charge is 2.32. The van der Waals surface area contributed by atoms with Crippen molar-refractivity contribution in [3.8, 4) is 0 Å². The summed E-state index contributed by atoms with van der Waals surface area (Å²) < 4.78 is 41.8. The molecule has 0 atom stereocenters. The summed E-state index contributed by atoms with van der Waals surface area (Å²) in [4.78, 5) is 11.5. The fourth-order valence-electron chi connectivity index (χ4n) is 2.45. The van der Waals surface area contributed by atoms with E-state index in [9.17, 15) is 23.3 Å². The van der Waals surface area contributed by atoms with Crippen molar-refractivity contribution in [1.82, 2.24) is 24.7 Å². The second-order valence-corrected chi connectivity index (χ2v) is 7.34. The molecule has 2 rings (SSSR count). The second kappa shape index (κ2) is 7.72.